The van der Waals surface area contributed by atoms with Crippen molar-refractivity contribution >= 4 is 5.97 Å². The van der Waals surface area contributed by atoms with E-state index in [9.17, 15) is 4.79 Å². The zero-order valence-electron chi connectivity index (χ0n) is 5.77. The van der Waals surface area contributed by atoms with Crippen LogP contribution in [0.5, 0.6) is 0 Å². The van der Waals surface area contributed by atoms with E-state index in [1.165, 1.54) is 17.9 Å². The van der Waals surface area contributed by atoms with Crippen molar-refractivity contribution in [2.24, 2.45) is 7.05 Å². The van der Waals surface area contributed by atoms with E-state index >= 15 is 0 Å². The lowest BCUT2D eigenvalue weighted by Crippen LogP contribution is -2.05. The summed E-state index contributed by atoms with van der Waals surface area (Å²) < 4.78 is 1.29. The highest BCUT2D eigenvalue weighted by Crippen LogP contribution is 2.03. The van der Waals surface area contributed by atoms with E-state index in [2.05, 4.69) is 4.98 Å². The first-order valence-electron chi connectivity index (χ1n) is 2.81. The zero-order chi connectivity index (χ0) is 8.43. The summed E-state index contributed by atoms with van der Waals surface area (Å²) in [5.41, 5.74) is -0.132. The lowest BCUT2D eigenvalue weighted by Gasteiger charge is -1.92. The summed E-state index contributed by atoms with van der Waals surface area (Å²) in [5.74, 6) is -1.14. The Kier molecular flexibility index (Phi) is 1.60. The van der Waals surface area contributed by atoms with Crippen LogP contribution in [0, 0.1) is 11.3 Å². The molecule has 0 saturated heterocycles. The van der Waals surface area contributed by atoms with E-state index in [1.807, 2.05) is 0 Å². The van der Waals surface area contributed by atoms with Crippen LogP contribution >= 0.6 is 0 Å². The molecule has 0 radical (unpaired) electrons. The number of aryl methyl sites for hydroxylation is 1. The number of carboxylic acids is 1. The van der Waals surface area contributed by atoms with Gasteiger partial charge in [-0.1, -0.05) is 0 Å². The maximum Gasteiger partial charge on any atom is 0.355 e. The van der Waals surface area contributed by atoms with Crippen molar-refractivity contribution in [3.05, 3.63) is 17.7 Å². The molecule has 56 valence electrons. The van der Waals surface area contributed by atoms with Crippen molar-refractivity contribution in [1.29, 1.82) is 5.26 Å². The summed E-state index contributed by atoms with van der Waals surface area (Å²) in [6.45, 7) is 0. The number of aromatic nitrogens is 2. The van der Waals surface area contributed by atoms with Crippen LogP contribution in [0.4, 0.5) is 0 Å². The molecule has 0 aliphatic carbocycles. The third kappa shape index (κ3) is 1.05. The summed E-state index contributed by atoms with van der Waals surface area (Å²) in [6.07, 6.45) is 1.29. The molecule has 1 aromatic heterocycles. The number of carboxylic acid groups (broad SMARTS) is 1. The number of imidazole rings is 1. The van der Waals surface area contributed by atoms with Gasteiger partial charge in [0.05, 0.1) is 6.33 Å². The van der Waals surface area contributed by atoms with Gasteiger partial charge in [0, 0.05) is 7.05 Å². The molecule has 0 aromatic carbocycles. The predicted molar refractivity (Wildman–Crippen MR) is 34.9 cm³/mol. The minimum atomic E-state index is -1.14. The Morgan fingerprint density at radius 3 is 2.91 bits per heavy atom. The molecule has 0 amide bonds. The molecule has 0 aliphatic heterocycles. The fourth-order valence-corrected chi connectivity index (χ4v) is 0.764. The third-order valence-electron chi connectivity index (χ3n) is 1.25. The largest absolute Gasteiger partial charge is 0.476 e. The molecule has 5 heteroatoms. The van der Waals surface area contributed by atoms with E-state index < -0.39 is 5.97 Å². The molecule has 0 spiro atoms. The minimum Gasteiger partial charge on any atom is -0.476 e. The summed E-state index contributed by atoms with van der Waals surface area (Å²) >= 11 is 0. The van der Waals surface area contributed by atoms with E-state index in [-0.39, 0.29) is 11.4 Å². The Morgan fingerprint density at radius 1 is 1.91 bits per heavy atom. The van der Waals surface area contributed by atoms with Crippen LogP contribution in [0.2, 0.25) is 0 Å². The van der Waals surface area contributed by atoms with Crippen LogP contribution in [0.3, 0.4) is 0 Å². The summed E-state index contributed by atoms with van der Waals surface area (Å²) in [4.78, 5) is 14.0. The van der Waals surface area contributed by atoms with Gasteiger partial charge in [-0.15, -0.1) is 0 Å². The van der Waals surface area contributed by atoms with E-state index in [0.717, 1.165) is 0 Å². The molecule has 0 saturated carbocycles. The fraction of sp³-hybridized carbons (Fsp3) is 0.167. The van der Waals surface area contributed by atoms with Gasteiger partial charge in [0.25, 0.3) is 0 Å². The Labute approximate surface area is 62.5 Å². The van der Waals surface area contributed by atoms with Gasteiger partial charge in [-0.05, 0) is 0 Å². The lowest BCUT2D eigenvalue weighted by atomic mass is 10.3. The normalized spacial score (nSPS) is 9.09. The second-order valence-corrected chi connectivity index (χ2v) is 1.97. The molecule has 1 heterocycles. The van der Waals surface area contributed by atoms with Gasteiger partial charge in [-0.25, -0.2) is 9.78 Å². The molecule has 11 heavy (non-hydrogen) atoms. The molecule has 0 aliphatic rings. The van der Waals surface area contributed by atoms with Crippen molar-refractivity contribution in [1.82, 2.24) is 9.55 Å². The van der Waals surface area contributed by atoms with Crippen molar-refractivity contribution in [3.63, 3.8) is 0 Å². The van der Waals surface area contributed by atoms with Crippen molar-refractivity contribution in [3.8, 4) is 6.07 Å². The van der Waals surface area contributed by atoms with Crippen molar-refractivity contribution in [2.75, 3.05) is 0 Å². The smallest absolute Gasteiger partial charge is 0.355 e. The second kappa shape index (κ2) is 2.42. The standard InChI is InChI=1S/C6H5N3O2/c1-9-3-8-4(2-7)5(9)6(10)11/h3H,1H3,(H,10,11). The first kappa shape index (κ1) is 7.28. The van der Waals surface area contributed by atoms with Crippen LogP contribution in [0.25, 0.3) is 0 Å². The van der Waals surface area contributed by atoms with Crippen molar-refractivity contribution < 1.29 is 9.90 Å². The average molecular weight is 151 g/mol. The van der Waals surface area contributed by atoms with Gasteiger partial charge in [0.2, 0.25) is 0 Å². The quantitative estimate of drug-likeness (QED) is 0.612. The number of rotatable bonds is 1. The highest BCUT2D eigenvalue weighted by atomic mass is 16.4. The topological polar surface area (TPSA) is 78.9 Å². The number of nitriles is 1. The number of hydrogen-bond donors (Lipinski definition) is 1. The highest BCUT2D eigenvalue weighted by molar-refractivity contribution is 5.88. The monoisotopic (exact) mass is 151 g/mol. The molecule has 0 unspecified atom stereocenters. The van der Waals surface area contributed by atoms with Gasteiger partial charge in [-0.3, -0.25) is 0 Å². The zero-order valence-corrected chi connectivity index (χ0v) is 5.77. The van der Waals surface area contributed by atoms with E-state index in [0.29, 0.717) is 0 Å². The van der Waals surface area contributed by atoms with Gasteiger partial charge in [0.15, 0.2) is 11.4 Å². The SMILES string of the molecule is Cn1cnc(C#N)c1C(=O)O. The maximum atomic E-state index is 10.5. The maximum absolute atomic E-state index is 10.5. The van der Waals surface area contributed by atoms with Crippen LogP contribution in [-0.2, 0) is 7.05 Å². The first-order valence-corrected chi connectivity index (χ1v) is 2.81. The molecular weight excluding hydrogens is 146 g/mol. The molecule has 0 fully saturated rings. The van der Waals surface area contributed by atoms with Gasteiger partial charge >= 0.3 is 5.97 Å². The van der Waals surface area contributed by atoms with Crippen LogP contribution in [0.15, 0.2) is 6.33 Å². The van der Waals surface area contributed by atoms with Crippen LogP contribution in [0.1, 0.15) is 16.2 Å². The molecule has 1 N–H and O–H groups in total. The van der Waals surface area contributed by atoms with Gasteiger partial charge in [0.1, 0.15) is 6.07 Å². The van der Waals surface area contributed by atoms with E-state index in [4.69, 9.17) is 10.4 Å². The minimum absolute atomic E-state index is 0.0556. The molecule has 0 bridgehead atoms. The molecule has 5 nitrogen and oxygen atoms in total. The Morgan fingerprint density at radius 2 is 2.55 bits per heavy atom. The molecule has 0 atom stereocenters. The predicted octanol–water partition coefficient (Wildman–Crippen LogP) is -0.0100. The summed E-state index contributed by atoms with van der Waals surface area (Å²) in [5, 5.41) is 16.9. The molecule has 1 aromatic rings. The number of aromatic carboxylic acids is 1. The summed E-state index contributed by atoms with van der Waals surface area (Å²) in [6, 6.07) is 1.68. The van der Waals surface area contributed by atoms with Gasteiger partial charge in [-0.2, -0.15) is 5.26 Å². The second-order valence-electron chi connectivity index (χ2n) is 1.97. The highest BCUT2D eigenvalue weighted by Gasteiger charge is 2.14. The molecule has 1 rings (SSSR count). The Hall–Kier alpha value is -1.83. The van der Waals surface area contributed by atoms with Gasteiger partial charge < -0.3 is 9.67 Å². The number of nitrogens with zero attached hydrogens (tertiary/aromatic N) is 3. The third-order valence-corrected chi connectivity index (χ3v) is 1.25. The molecular formula is C6H5N3O2. The van der Waals surface area contributed by atoms with Crippen LogP contribution in [-0.4, -0.2) is 20.6 Å². The lowest BCUT2D eigenvalue weighted by molar-refractivity contribution is 0.0686. The van der Waals surface area contributed by atoms with Crippen LogP contribution < -0.4 is 0 Å². The fourth-order valence-electron chi connectivity index (χ4n) is 0.764. The van der Waals surface area contributed by atoms with Crippen molar-refractivity contribution in [2.45, 2.75) is 0 Å². The summed E-state index contributed by atoms with van der Waals surface area (Å²) in [7, 11) is 1.53. The Balaban J connectivity index is 3.32. The number of hydrogen-bond acceptors (Lipinski definition) is 3. The number of carbonyl (C=O) groups is 1. The first-order chi connectivity index (χ1) is 5.16. The average Bonchev–Trinajstić information content (AvgIpc) is 2.30. The Bertz CT molecular complexity index is 334. The van der Waals surface area contributed by atoms with E-state index in [1.54, 1.807) is 6.07 Å².